The quantitative estimate of drug-likeness (QED) is 0.769. The Labute approximate surface area is 95.0 Å². The highest BCUT2D eigenvalue weighted by molar-refractivity contribution is 9.10. The highest BCUT2D eigenvalue weighted by Crippen LogP contribution is 2.17. The minimum Gasteiger partial charge on any atom is -0.317 e. The fourth-order valence-electron chi connectivity index (χ4n) is 1.44. The van der Waals surface area contributed by atoms with Gasteiger partial charge in [-0.2, -0.15) is 0 Å². The molecule has 78 valence electrons. The molecule has 0 saturated carbocycles. The second-order valence-electron chi connectivity index (χ2n) is 3.40. The van der Waals surface area contributed by atoms with E-state index in [9.17, 15) is 0 Å². The van der Waals surface area contributed by atoms with E-state index in [0.717, 1.165) is 13.1 Å². The highest BCUT2D eigenvalue weighted by Gasteiger charge is 1.97. The Morgan fingerprint density at radius 3 is 2.71 bits per heavy atom. The Balaban J connectivity index is 2.21. The number of benzene rings is 1. The molecule has 0 spiro atoms. The topological polar surface area (TPSA) is 12.0 Å². The average molecular weight is 256 g/mol. The van der Waals surface area contributed by atoms with Gasteiger partial charge in [-0.15, -0.1) is 0 Å². The van der Waals surface area contributed by atoms with Gasteiger partial charge in [-0.25, -0.2) is 0 Å². The van der Waals surface area contributed by atoms with Crippen LogP contribution < -0.4 is 5.32 Å². The predicted octanol–water partition coefficient (Wildman–Crippen LogP) is 3.38. The molecule has 1 aromatic rings. The Kier molecular flexibility index (Phi) is 5.88. The van der Waals surface area contributed by atoms with E-state index in [2.05, 4.69) is 52.4 Å². The number of aryl methyl sites for hydroxylation is 1. The summed E-state index contributed by atoms with van der Waals surface area (Å²) in [5.74, 6) is 0. The summed E-state index contributed by atoms with van der Waals surface area (Å²) in [6, 6.07) is 8.47. The van der Waals surface area contributed by atoms with Gasteiger partial charge in [0.15, 0.2) is 0 Å². The molecule has 0 bridgehead atoms. The van der Waals surface area contributed by atoms with Crippen LogP contribution in [0.3, 0.4) is 0 Å². The van der Waals surface area contributed by atoms with Gasteiger partial charge in [0.05, 0.1) is 0 Å². The Bertz CT molecular complexity index is 260. The van der Waals surface area contributed by atoms with Crippen molar-refractivity contribution in [3.8, 4) is 0 Å². The molecule has 0 atom stereocenters. The van der Waals surface area contributed by atoms with Crippen molar-refractivity contribution >= 4 is 15.9 Å². The van der Waals surface area contributed by atoms with Gasteiger partial charge >= 0.3 is 0 Å². The number of rotatable bonds is 6. The summed E-state index contributed by atoms with van der Waals surface area (Å²) in [7, 11) is 0. The van der Waals surface area contributed by atoms with E-state index in [1.165, 1.54) is 29.3 Å². The molecule has 0 heterocycles. The lowest BCUT2D eigenvalue weighted by Crippen LogP contribution is -2.13. The third-order valence-corrected chi connectivity index (χ3v) is 3.03. The van der Waals surface area contributed by atoms with Gasteiger partial charge in [0.1, 0.15) is 0 Å². The molecule has 1 N–H and O–H groups in total. The zero-order chi connectivity index (χ0) is 10.2. The molecule has 0 aliphatic heterocycles. The lowest BCUT2D eigenvalue weighted by Gasteiger charge is -2.04. The molecule has 14 heavy (non-hydrogen) atoms. The minimum atomic E-state index is 1.08. The van der Waals surface area contributed by atoms with Gasteiger partial charge in [-0.05, 0) is 44.0 Å². The average Bonchev–Trinajstić information content (AvgIpc) is 2.20. The number of hydrogen-bond acceptors (Lipinski definition) is 1. The molecule has 2 heteroatoms. The molecule has 1 rings (SSSR count). The summed E-state index contributed by atoms with van der Waals surface area (Å²) < 4.78 is 1.24. The van der Waals surface area contributed by atoms with Crippen LogP contribution in [0.25, 0.3) is 0 Å². The zero-order valence-electron chi connectivity index (χ0n) is 8.72. The summed E-state index contributed by atoms with van der Waals surface area (Å²) in [5, 5.41) is 3.34. The number of nitrogens with one attached hydrogen (secondary N) is 1. The predicted molar refractivity (Wildman–Crippen MR) is 65.6 cm³/mol. The maximum Gasteiger partial charge on any atom is 0.0207 e. The SMILES string of the molecule is CCNCCCCc1ccccc1Br. The Hall–Kier alpha value is -0.340. The third kappa shape index (κ3) is 4.25. The van der Waals surface area contributed by atoms with Gasteiger partial charge in [0.2, 0.25) is 0 Å². The van der Waals surface area contributed by atoms with Crippen LogP contribution in [0.4, 0.5) is 0 Å². The Morgan fingerprint density at radius 1 is 1.21 bits per heavy atom. The van der Waals surface area contributed by atoms with Gasteiger partial charge in [-0.3, -0.25) is 0 Å². The smallest absolute Gasteiger partial charge is 0.0207 e. The highest BCUT2D eigenvalue weighted by atomic mass is 79.9. The van der Waals surface area contributed by atoms with Gasteiger partial charge in [0, 0.05) is 4.47 Å². The molecule has 0 unspecified atom stereocenters. The number of unbranched alkanes of at least 4 members (excludes halogenated alkanes) is 1. The van der Waals surface area contributed by atoms with Crippen molar-refractivity contribution in [2.75, 3.05) is 13.1 Å². The summed E-state index contributed by atoms with van der Waals surface area (Å²) in [5.41, 5.74) is 1.42. The second-order valence-corrected chi connectivity index (χ2v) is 4.26. The maximum absolute atomic E-state index is 3.56. The molecule has 0 aliphatic carbocycles. The molecule has 0 fully saturated rings. The van der Waals surface area contributed by atoms with Crippen molar-refractivity contribution in [1.29, 1.82) is 0 Å². The number of halogens is 1. The lowest BCUT2D eigenvalue weighted by atomic mass is 10.1. The van der Waals surface area contributed by atoms with Crippen LogP contribution in [0.1, 0.15) is 25.3 Å². The molecular formula is C12H18BrN. The van der Waals surface area contributed by atoms with E-state index in [0.29, 0.717) is 0 Å². The van der Waals surface area contributed by atoms with E-state index >= 15 is 0 Å². The van der Waals surface area contributed by atoms with Gasteiger partial charge in [0.25, 0.3) is 0 Å². The van der Waals surface area contributed by atoms with Crippen molar-refractivity contribution in [2.45, 2.75) is 26.2 Å². The van der Waals surface area contributed by atoms with E-state index in [4.69, 9.17) is 0 Å². The zero-order valence-corrected chi connectivity index (χ0v) is 10.3. The normalized spacial score (nSPS) is 10.4. The van der Waals surface area contributed by atoms with Gasteiger partial charge < -0.3 is 5.32 Å². The van der Waals surface area contributed by atoms with E-state index < -0.39 is 0 Å². The monoisotopic (exact) mass is 255 g/mol. The van der Waals surface area contributed by atoms with E-state index in [1.54, 1.807) is 0 Å². The summed E-state index contributed by atoms with van der Waals surface area (Å²) in [6.45, 7) is 4.36. The first-order chi connectivity index (χ1) is 6.84. The van der Waals surface area contributed by atoms with Crippen molar-refractivity contribution in [1.82, 2.24) is 5.32 Å². The number of hydrogen-bond donors (Lipinski definition) is 1. The van der Waals surface area contributed by atoms with Crippen LogP contribution in [0.15, 0.2) is 28.7 Å². The molecule has 1 nitrogen and oxygen atoms in total. The van der Waals surface area contributed by atoms with Gasteiger partial charge in [-0.1, -0.05) is 41.1 Å². The molecule has 0 radical (unpaired) electrons. The summed E-state index contributed by atoms with van der Waals surface area (Å²) in [6.07, 6.45) is 3.69. The molecule has 0 amide bonds. The van der Waals surface area contributed by atoms with Crippen molar-refractivity contribution < 1.29 is 0 Å². The summed E-state index contributed by atoms with van der Waals surface area (Å²) in [4.78, 5) is 0. The standard InChI is InChI=1S/C12H18BrN/c1-2-14-10-6-5-8-11-7-3-4-9-12(11)13/h3-4,7,9,14H,2,5-6,8,10H2,1H3. The van der Waals surface area contributed by atoms with E-state index in [-0.39, 0.29) is 0 Å². The fraction of sp³-hybridized carbons (Fsp3) is 0.500. The van der Waals surface area contributed by atoms with Crippen molar-refractivity contribution in [3.63, 3.8) is 0 Å². The molecular weight excluding hydrogens is 238 g/mol. The largest absolute Gasteiger partial charge is 0.317 e. The molecule has 0 aromatic heterocycles. The van der Waals surface area contributed by atoms with Crippen LogP contribution in [0.5, 0.6) is 0 Å². The first-order valence-electron chi connectivity index (χ1n) is 5.28. The van der Waals surface area contributed by atoms with Crippen molar-refractivity contribution in [3.05, 3.63) is 34.3 Å². The lowest BCUT2D eigenvalue weighted by molar-refractivity contribution is 0.640. The van der Waals surface area contributed by atoms with Crippen LogP contribution in [-0.2, 0) is 6.42 Å². The van der Waals surface area contributed by atoms with Crippen molar-refractivity contribution in [2.24, 2.45) is 0 Å². The van der Waals surface area contributed by atoms with E-state index in [1.807, 2.05) is 0 Å². The minimum absolute atomic E-state index is 1.08. The van der Waals surface area contributed by atoms with Crippen LogP contribution in [0, 0.1) is 0 Å². The summed E-state index contributed by atoms with van der Waals surface area (Å²) >= 11 is 3.56. The fourth-order valence-corrected chi connectivity index (χ4v) is 1.93. The van der Waals surface area contributed by atoms with Crippen LogP contribution in [0.2, 0.25) is 0 Å². The maximum atomic E-state index is 3.56. The molecule has 0 saturated heterocycles. The Morgan fingerprint density at radius 2 is 2.00 bits per heavy atom. The third-order valence-electron chi connectivity index (χ3n) is 2.26. The molecule has 0 aliphatic rings. The first-order valence-corrected chi connectivity index (χ1v) is 6.08. The van der Waals surface area contributed by atoms with Crippen LogP contribution >= 0.6 is 15.9 Å². The first kappa shape index (κ1) is 11.7. The molecule has 1 aromatic carbocycles. The second kappa shape index (κ2) is 7.02. The van der Waals surface area contributed by atoms with Crippen LogP contribution in [-0.4, -0.2) is 13.1 Å².